The highest BCUT2D eigenvalue weighted by molar-refractivity contribution is 7.26. The van der Waals surface area contributed by atoms with E-state index in [9.17, 15) is 0 Å². The predicted molar refractivity (Wildman–Crippen MR) is 225 cm³/mol. The Labute approximate surface area is 314 Å². The number of para-hydroxylation sites is 3. The van der Waals surface area contributed by atoms with Crippen molar-refractivity contribution < 1.29 is 4.42 Å². The van der Waals surface area contributed by atoms with E-state index < -0.39 is 0 Å². The zero-order valence-corrected chi connectivity index (χ0v) is 29.7. The summed E-state index contributed by atoms with van der Waals surface area (Å²) in [6, 6.07) is 61.1. The van der Waals surface area contributed by atoms with Crippen molar-refractivity contribution in [3.63, 3.8) is 0 Å². The Morgan fingerprint density at radius 3 is 1.80 bits per heavy atom. The molecular weight excluding hydrogens is 679 g/mol. The number of furan rings is 1. The summed E-state index contributed by atoms with van der Waals surface area (Å²) in [7, 11) is 0. The first-order chi connectivity index (χ1) is 26.8. The largest absolute Gasteiger partial charge is 0.455 e. The molecule has 0 unspecified atom stereocenters. The van der Waals surface area contributed by atoms with Crippen LogP contribution in [0.4, 0.5) is 0 Å². The third-order valence-electron chi connectivity index (χ3n) is 10.3. The van der Waals surface area contributed by atoms with Gasteiger partial charge in [0, 0.05) is 69.7 Å². The molecule has 0 bridgehead atoms. The highest BCUT2D eigenvalue weighted by Gasteiger charge is 2.21. The van der Waals surface area contributed by atoms with Crippen LogP contribution in [0.15, 0.2) is 180 Å². The number of hydrogen-bond donors (Lipinski definition) is 0. The molecule has 252 valence electrons. The second kappa shape index (κ2) is 12.3. The fourth-order valence-electron chi connectivity index (χ4n) is 7.77. The second-order valence-corrected chi connectivity index (χ2v) is 14.6. The molecule has 0 N–H and O–H groups in total. The van der Waals surface area contributed by atoms with E-state index in [0.29, 0.717) is 5.82 Å². The Morgan fingerprint density at radius 2 is 1.02 bits per heavy atom. The summed E-state index contributed by atoms with van der Waals surface area (Å²) in [5.41, 5.74) is 11.5. The van der Waals surface area contributed by atoms with Crippen molar-refractivity contribution in [3.05, 3.63) is 176 Å². The molecule has 0 aliphatic carbocycles. The van der Waals surface area contributed by atoms with Gasteiger partial charge in [-0.25, -0.2) is 15.0 Å². The third-order valence-corrected chi connectivity index (χ3v) is 11.5. The Balaban J connectivity index is 1.16. The van der Waals surface area contributed by atoms with E-state index in [1.807, 2.05) is 59.9 Å². The van der Waals surface area contributed by atoms with Gasteiger partial charge in [-0.1, -0.05) is 152 Å². The summed E-state index contributed by atoms with van der Waals surface area (Å²) in [5, 5.41) is 5.70. The van der Waals surface area contributed by atoms with Gasteiger partial charge in [0.15, 0.2) is 5.82 Å². The Kier molecular flexibility index (Phi) is 7.00. The van der Waals surface area contributed by atoms with Crippen molar-refractivity contribution in [2.75, 3.05) is 0 Å². The molecule has 7 aromatic carbocycles. The second-order valence-electron chi connectivity index (χ2n) is 13.5. The maximum absolute atomic E-state index is 6.55. The first-order valence-electron chi connectivity index (χ1n) is 18.0. The number of pyridine rings is 1. The fraction of sp³-hybridized carbons (Fsp3) is 0. The minimum atomic E-state index is 0.668. The third kappa shape index (κ3) is 4.94. The van der Waals surface area contributed by atoms with Gasteiger partial charge >= 0.3 is 0 Å². The molecular formula is C49H29N3OS. The first kappa shape index (κ1) is 30.7. The van der Waals surface area contributed by atoms with E-state index in [1.165, 1.54) is 14.8 Å². The molecule has 0 saturated carbocycles. The standard InChI is InChI=1S/C49H29N3OS/c1-3-14-30(15-4-1)40-29-41(31-16-5-2-6-17-31)51-49(50-40)33-19-11-18-32(28-33)45-44-38-21-8-10-27-43(38)54-48(44)39-25-12-22-35(46(39)52-45)37-24-13-23-36-34-20-7-9-26-42(34)53-47(36)37/h1-29H. The molecule has 4 heterocycles. The number of aromatic nitrogens is 3. The number of nitrogens with zero attached hydrogens (tertiary/aromatic N) is 3. The normalized spacial score (nSPS) is 11.7. The zero-order valence-electron chi connectivity index (χ0n) is 28.9. The van der Waals surface area contributed by atoms with E-state index in [0.717, 1.165) is 88.7 Å². The summed E-state index contributed by atoms with van der Waals surface area (Å²) < 4.78 is 8.99. The fourth-order valence-corrected chi connectivity index (χ4v) is 9.00. The zero-order chi connectivity index (χ0) is 35.6. The number of thiophene rings is 1. The summed E-state index contributed by atoms with van der Waals surface area (Å²) in [6.07, 6.45) is 0. The van der Waals surface area contributed by atoms with Crippen LogP contribution in [0.3, 0.4) is 0 Å². The SMILES string of the molecule is c1ccc(-c2cc(-c3ccccc3)nc(-c3cccc(-c4nc5c(-c6cccc7c6oc6ccccc67)cccc5c5sc6ccccc6c45)c3)n2)cc1. The summed E-state index contributed by atoms with van der Waals surface area (Å²) >= 11 is 1.82. The van der Waals surface area contributed by atoms with Crippen molar-refractivity contribution in [2.45, 2.75) is 0 Å². The van der Waals surface area contributed by atoms with Crippen LogP contribution in [0.5, 0.6) is 0 Å². The van der Waals surface area contributed by atoms with Crippen LogP contribution in [0.1, 0.15) is 0 Å². The molecule has 0 saturated heterocycles. The topological polar surface area (TPSA) is 51.8 Å². The highest BCUT2D eigenvalue weighted by Crippen LogP contribution is 2.46. The van der Waals surface area contributed by atoms with Crippen LogP contribution >= 0.6 is 11.3 Å². The van der Waals surface area contributed by atoms with E-state index in [2.05, 4.69) is 127 Å². The van der Waals surface area contributed by atoms with Gasteiger partial charge in [-0.2, -0.15) is 0 Å². The Morgan fingerprint density at radius 1 is 0.426 bits per heavy atom. The van der Waals surface area contributed by atoms with Gasteiger partial charge in [0.25, 0.3) is 0 Å². The van der Waals surface area contributed by atoms with Crippen LogP contribution in [-0.2, 0) is 0 Å². The molecule has 0 radical (unpaired) electrons. The maximum atomic E-state index is 6.55. The van der Waals surface area contributed by atoms with Crippen molar-refractivity contribution in [1.82, 2.24) is 15.0 Å². The van der Waals surface area contributed by atoms with Crippen LogP contribution in [0, 0.1) is 0 Å². The molecule has 0 atom stereocenters. The summed E-state index contributed by atoms with van der Waals surface area (Å²) in [5.74, 6) is 0.668. The predicted octanol–water partition coefficient (Wildman–Crippen LogP) is 13.6. The quantitative estimate of drug-likeness (QED) is 0.179. The number of fused-ring (bicyclic) bond motifs is 8. The lowest BCUT2D eigenvalue weighted by Crippen LogP contribution is -1.96. The van der Waals surface area contributed by atoms with Crippen molar-refractivity contribution >= 4 is 64.4 Å². The number of hydrogen-bond acceptors (Lipinski definition) is 5. The van der Waals surface area contributed by atoms with Crippen LogP contribution in [-0.4, -0.2) is 15.0 Å². The van der Waals surface area contributed by atoms with Gasteiger partial charge in [-0.15, -0.1) is 11.3 Å². The molecule has 5 heteroatoms. The van der Waals surface area contributed by atoms with Gasteiger partial charge in [0.05, 0.1) is 22.6 Å². The minimum absolute atomic E-state index is 0.668. The molecule has 0 amide bonds. The van der Waals surface area contributed by atoms with E-state index in [4.69, 9.17) is 19.4 Å². The maximum Gasteiger partial charge on any atom is 0.160 e. The lowest BCUT2D eigenvalue weighted by Gasteiger charge is -2.13. The molecule has 11 rings (SSSR count). The lowest BCUT2D eigenvalue weighted by molar-refractivity contribution is 0.670. The minimum Gasteiger partial charge on any atom is -0.455 e. The van der Waals surface area contributed by atoms with Gasteiger partial charge in [-0.05, 0) is 24.3 Å². The molecule has 4 aromatic heterocycles. The van der Waals surface area contributed by atoms with Crippen molar-refractivity contribution in [3.8, 4) is 56.3 Å². The molecule has 0 aliphatic rings. The molecule has 11 aromatic rings. The smallest absolute Gasteiger partial charge is 0.160 e. The van der Waals surface area contributed by atoms with E-state index in [1.54, 1.807) is 0 Å². The van der Waals surface area contributed by atoms with E-state index >= 15 is 0 Å². The van der Waals surface area contributed by atoms with Gasteiger partial charge in [0.1, 0.15) is 11.2 Å². The summed E-state index contributed by atoms with van der Waals surface area (Å²) in [6.45, 7) is 0. The van der Waals surface area contributed by atoms with Crippen LogP contribution in [0.2, 0.25) is 0 Å². The average Bonchev–Trinajstić information content (AvgIpc) is 3.83. The monoisotopic (exact) mass is 707 g/mol. The van der Waals surface area contributed by atoms with Gasteiger partial charge in [-0.3, -0.25) is 0 Å². The number of benzene rings is 7. The molecule has 54 heavy (non-hydrogen) atoms. The first-order valence-corrected chi connectivity index (χ1v) is 18.8. The van der Waals surface area contributed by atoms with Gasteiger partial charge in [0.2, 0.25) is 0 Å². The van der Waals surface area contributed by atoms with Crippen molar-refractivity contribution in [1.29, 1.82) is 0 Å². The molecule has 0 aliphatic heterocycles. The van der Waals surface area contributed by atoms with Crippen LogP contribution < -0.4 is 0 Å². The van der Waals surface area contributed by atoms with Crippen molar-refractivity contribution in [2.24, 2.45) is 0 Å². The Bertz CT molecular complexity index is 3160. The Hall–Kier alpha value is -6.95. The van der Waals surface area contributed by atoms with Gasteiger partial charge < -0.3 is 4.42 Å². The van der Waals surface area contributed by atoms with Crippen LogP contribution in [0.25, 0.3) is 109 Å². The molecule has 0 spiro atoms. The lowest BCUT2D eigenvalue weighted by atomic mass is 9.96. The number of rotatable bonds is 5. The average molecular weight is 708 g/mol. The highest BCUT2D eigenvalue weighted by atomic mass is 32.1. The summed E-state index contributed by atoms with van der Waals surface area (Å²) in [4.78, 5) is 15.9. The molecule has 4 nitrogen and oxygen atoms in total. The van der Waals surface area contributed by atoms with E-state index in [-0.39, 0.29) is 0 Å². The molecule has 0 fully saturated rings.